The highest BCUT2D eigenvalue weighted by Crippen LogP contribution is 2.50. The Kier molecular flexibility index (Phi) is 4.81. The molecule has 2 aromatic heterocycles. The molecule has 4 rings (SSSR count). The summed E-state index contributed by atoms with van der Waals surface area (Å²) in [6.45, 7) is 5.54. The van der Waals surface area contributed by atoms with E-state index in [1.54, 1.807) is 6.26 Å². The van der Waals surface area contributed by atoms with Crippen LogP contribution in [0.5, 0.6) is 0 Å². The highest BCUT2D eigenvalue weighted by molar-refractivity contribution is 5.80. The van der Waals surface area contributed by atoms with Gasteiger partial charge in [0.1, 0.15) is 5.76 Å². The zero-order chi connectivity index (χ0) is 18.0. The predicted molar refractivity (Wildman–Crippen MR) is 99.2 cm³/mol. The number of nitrogens with zero attached hydrogens (tertiary/aromatic N) is 2. The Morgan fingerprint density at radius 1 is 1.38 bits per heavy atom. The summed E-state index contributed by atoms with van der Waals surface area (Å²) in [7, 11) is 0. The van der Waals surface area contributed by atoms with Gasteiger partial charge in [0.05, 0.1) is 18.5 Å². The molecule has 0 bridgehead atoms. The third-order valence-electron chi connectivity index (χ3n) is 6.20. The summed E-state index contributed by atoms with van der Waals surface area (Å²) >= 11 is 0. The topological polar surface area (TPSA) is 58.4 Å². The molecule has 5 heteroatoms. The normalized spacial score (nSPS) is 25.8. The van der Waals surface area contributed by atoms with E-state index < -0.39 is 0 Å². The van der Waals surface area contributed by atoms with Crippen LogP contribution in [-0.2, 0) is 17.9 Å². The molecule has 0 unspecified atom stereocenters. The Hall–Kier alpha value is -2.14. The summed E-state index contributed by atoms with van der Waals surface area (Å²) in [6.07, 6.45) is 7.93. The molecule has 0 radical (unpaired) electrons. The van der Waals surface area contributed by atoms with Crippen molar-refractivity contribution in [1.82, 2.24) is 15.2 Å². The maximum Gasteiger partial charge on any atom is 0.224 e. The Morgan fingerprint density at radius 3 is 3.12 bits per heavy atom. The molecule has 138 valence electrons. The van der Waals surface area contributed by atoms with Gasteiger partial charge < -0.3 is 9.73 Å². The van der Waals surface area contributed by atoms with Gasteiger partial charge in [-0.15, -0.1) is 0 Å². The maximum atomic E-state index is 12.8. The first kappa shape index (κ1) is 17.3. The molecule has 1 amide bonds. The summed E-state index contributed by atoms with van der Waals surface area (Å²) in [5.41, 5.74) is 2.53. The second-order valence-corrected chi connectivity index (χ2v) is 7.83. The molecule has 1 aliphatic carbocycles. The molecule has 1 N–H and O–H groups in total. The van der Waals surface area contributed by atoms with E-state index in [2.05, 4.69) is 28.2 Å². The quantitative estimate of drug-likeness (QED) is 0.896. The smallest absolute Gasteiger partial charge is 0.224 e. The van der Waals surface area contributed by atoms with E-state index in [4.69, 9.17) is 4.42 Å². The van der Waals surface area contributed by atoms with Gasteiger partial charge in [0.2, 0.25) is 5.91 Å². The Balaban J connectivity index is 1.39. The zero-order valence-corrected chi connectivity index (χ0v) is 15.4. The SMILES string of the molecule is Cc1cccnc1CN1CC[C@]2(CCC[C@@H]2C(=O)NCc2ccco2)C1. The van der Waals surface area contributed by atoms with Crippen LogP contribution in [0.2, 0.25) is 0 Å². The minimum absolute atomic E-state index is 0.118. The summed E-state index contributed by atoms with van der Waals surface area (Å²) in [5, 5.41) is 3.09. The number of aryl methyl sites for hydroxylation is 1. The van der Waals surface area contributed by atoms with Crippen molar-refractivity contribution in [3.8, 4) is 0 Å². The van der Waals surface area contributed by atoms with Crippen LogP contribution in [-0.4, -0.2) is 28.9 Å². The molecule has 5 nitrogen and oxygen atoms in total. The number of carbonyl (C=O) groups excluding carboxylic acids is 1. The van der Waals surface area contributed by atoms with Gasteiger partial charge >= 0.3 is 0 Å². The molecule has 2 atom stereocenters. The molecule has 1 aliphatic heterocycles. The number of pyridine rings is 1. The number of aromatic nitrogens is 1. The van der Waals surface area contributed by atoms with Crippen LogP contribution < -0.4 is 5.32 Å². The fraction of sp³-hybridized carbons (Fsp3) is 0.524. The van der Waals surface area contributed by atoms with Gasteiger partial charge in [-0.1, -0.05) is 12.5 Å². The Morgan fingerprint density at radius 2 is 2.31 bits per heavy atom. The van der Waals surface area contributed by atoms with Crippen molar-refractivity contribution in [2.45, 2.75) is 45.7 Å². The fourth-order valence-corrected chi connectivity index (χ4v) is 4.76. The average molecular weight is 353 g/mol. The third kappa shape index (κ3) is 3.40. The number of carbonyl (C=O) groups is 1. The maximum absolute atomic E-state index is 12.8. The van der Waals surface area contributed by atoms with Gasteiger partial charge in [-0.05, 0) is 61.9 Å². The monoisotopic (exact) mass is 353 g/mol. The number of rotatable bonds is 5. The molecule has 26 heavy (non-hydrogen) atoms. The number of likely N-dealkylation sites (tertiary alicyclic amines) is 1. The van der Waals surface area contributed by atoms with Crippen LogP contribution in [0.25, 0.3) is 0 Å². The molecule has 1 saturated heterocycles. The number of nitrogens with one attached hydrogen (secondary N) is 1. The number of amides is 1. The highest BCUT2D eigenvalue weighted by atomic mass is 16.3. The number of hydrogen-bond acceptors (Lipinski definition) is 4. The van der Waals surface area contributed by atoms with Crippen LogP contribution in [0, 0.1) is 18.3 Å². The second kappa shape index (κ2) is 7.23. The summed E-state index contributed by atoms with van der Waals surface area (Å²) in [4.78, 5) is 19.9. The van der Waals surface area contributed by atoms with Gasteiger partial charge in [-0.2, -0.15) is 0 Å². The van der Waals surface area contributed by atoms with Gasteiger partial charge in [-0.3, -0.25) is 14.7 Å². The molecule has 3 heterocycles. The van der Waals surface area contributed by atoms with E-state index in [1.807, 2.05) is 24.4 Å². The second-order valence-electron chi connectivity index (χ2n) is 7.83. The van der Waals surface area contributed by atoms with Crippen molar-refractivity contribution in [2.24, 2.45) is 11.3 Å². The van der Waals surface area contributed by atoms with E-state index in [1.165, 1.54) is 5.56 Å². The number of hydrogen-bond donors (Lipinski definition) is 1. The highest BCUT2D eigenvalue weighted by Gasteiger charge is 2.50. The standard InChI is InChI=1S/C21H27N3O2/c1-16-5-3-10-22-19(16)14-24-11-9-21(15-24)8-2-7-18(21)20(25)23-13-17-6-4-12-26-17/h3-6,10,12,18H,2,7-9,11,13-15H2,1H3,(H,23,25)/t18-,21-/m1/s1. The van der Waals surface area contributed by atoms with Gasteiger partial charge in [0.15, 0.2) is 0 Å². The molecule has 2 fully saturated rings. The first-order chi connectivity index (χ1) is 12.7. The van der Waals surface area contributed by atoms with Gasteiger partial charge in [0, 0.05) is 25.2 Å². The van der Waals surface area contributed by atoms with Crippen LogP contribution >= 0.6 is 0 Å². The lowest BCUT2D eigenvalue weighted by atomic mass is 9.76. The van der Waals surface area contributed by atoms with Crippen molar-refractivity contribution in [2.75, 3.05) is 13.1 Å². The summed E-state index contributed by atoms with van der Waals surface area (Å²) < 4.78 is 5.33. The Labute approximate surface area is 154 Å². The van der Waals surface area contributed by atoms with Crippen molar-refractivity contribution in [3.63, 3.8) is 0 Å². The zero-order valence-electron chi connectivity index (χ0n) is 15.4. The lowest BCUT2D eigenvalue weighted by molar-refractivity contribution is -0.128. The predicted octanol–water partition coefficient (Wildman–Crippen LogP) is 3.29. The fourth-order valence-electron chi connectivity index (χ4n) is 4.76. The van der Waals surface area contributed by atoms with Crippen molar-refractivity contribution in [3.05, 3.63) is 53.7 Å². The molecule has 0 aromatic carbocycles. The lowest BCUT2D eigenvalue weighted by Gasteiger charge is -2.30. The van der Waals surface area contributed by atoms with Gasteiger partial charge in [0.25, 0.3) is 0 Å². The summed E-state index contributed by atoms with van der Waals surface area (Å²) in [6, 6.07) is 7.86. The third-order valence-corrected chi connectivity index (χ3v) is 6.20. The van der Waals surface area contributed by atoms with Crippen LogP contribution in [0.1, 0.15) is 42.7 Å². The molecule has 2 aliphatic rings. The van der Waals surface area contributed by atoms with Crippen LogP contribution in [0.3, 0.4) is 0 Å². The van der Waals surface area contributed by atoms with E-state index in [-0.39, 0.29) is 17.2 Å². The molecule has 1 saturated carbocycles. The van der Waals surface area contributed by atoms with Crippen molar-refractivity contribution >= 4 is 5.91 Å². The molecule has 2 aromatic rings. The first-order valence-electron chi connectivity index (χ1n) is 9.59. The molecular weight excluding hydrogens is 326 g/mol. The van der Waals surface area contributed by atoms with E-state index >= 15 is 0 Å². The minimum Gasteiger partial charge on any atom is -0.467 e. The van der Waals surface area contributed by atoms with Crippen LogP contribution in [0.15, 0.2) is 41.1 Å². The van der Waals surface area contributed by atoms with Crippen LogP contribution in [0.4, 0.5) is 0 Å². The molecule has 1 spiro atoms. The first-order valence-corrected chi connectivity index (χ1v) is 9.59. The van der Waals surface area contributed by atoms with E-state index in [0.29, 0.717) is 6.54 Å². The molecular formula is C21H27N3O2. The van der Waals surface area contributed by atoms with Crippen molar-refractivity contribution < 1.29 is 9.21 Å². The van der Waals surface area contributed by atoms with E-state index in [9.17, 15) is 4.79 Å². The Bertz CT molecular complexity index is 758. The lowest BCUT2D eigenvalue weighted by Crippen LogP contribution is -2.40. The van der Waals surface area contributed by atoms with E-state index in [0.717, 1.165) is 56.8 Å². The minimum atomic E-state index is 0.118. The largest absolute Gasteiger partial charge is 0.467 e. The summed E-state index contributed by atoms with van der Waals surface area (Å²) in [5.74, 6) is 1.12. The number of furan rings is 1. The van der Waals surface area contributed by atoms with Crippen molar-refractivity contribution in [1.29, 1.82) is 0 Å². The van der Waals surface area contributed by atoms with Gasteiger partial charge in [-0.25, -0.2) is 0 Å². The average Bonchev–Trinajstić information content (AvgIpc) is 3.38.